The molecule has 1 heterocycles. The number of benzene rings is 1. The van der Waals surface area contributed by atoms with Crippen LogP contribution in [0.25, 0.3) is 0 Å². The van der Waals surface area contributed by atoms with Gasteiger partial charge in [0, 0.05) is 5.69 Å². The molecule has 1 atom stereocenters. The monoisotopic (exact) mass is 344 g/mol. The molecule has 6 nitrogen and oxygen atoms in total. The first kappa shape index (κ1) is 18.5. The van der Waals surface area contributed by atoms with Crippen LogP contribution in [0.15, 0.2) is 36.7 Å². The summed E-state index contributed by atoms with van der Waals surface area (Å²) in [4.78, 5) is 3.54. The lowest BCUT2D eigenvalue weighted by atomic mass is 10.1. The van der Waals surface area contributed by atoms with Crippen LogP contribution >= 0.6 is 0 Å². The minimum atomic E-state index is -3.28. The summed E-state index contributed by atoms with van der Waals surface area (Å²) in [6, 6.07) is 6.71. The summed E-state index contributed by atoms with van der Waals surface area (Å²) in [7, 11) is -1.42. The first-order valence-corrected chi connectivity index (χ1v) is 8.27. The number of halogens is 1. The Kier molecular flexibility index (Phi) is 6.40. The van der Waals surface area contributed by atoms with Gasteiger partial charge in [0.05, 0.1) is 31.7 Å². The first-order valence-electron chi connectivity index (χ1n) is 6.62. The zero-order valence-electron chi connectivity index (χ0n) is 12.4. The van der Waals surface area contributed by atoms with Gasteiger partial charge in [-0.15, -0.1) is 9.80 Å². The maximum atomic E-state index is 11.5. The summed E-state index contributed by atoms with van der Waals surface area (Å²) in [6.45, 7) is 4.98. The molecule has 1 radical (unpaired) electrons. The highest BCUT2D eigenvalue weighted by Crippen LogP contribution is 2.20. The standard InChI is InChI=1S/C14H19N3O3S.ClH/c1-3-21(19,20)15-13-6-4-12(5-7-13)14(18)10-17-9-8-16(2)11-17;/h4-9,14-15,18H,3,10H2,1-2H3;1H/q+1;/p-1. The number of aliphatic hydroxyl groups excluding tert-OH is 1. The number of nitrogens with one attached hydrogen (secondary N) is 1. The summed E-state index contributed by atoms with van der Waals surface area (Å²) in [6.07, 6.45) is 2.99. The van der Waals surface area contributed by atoms with Crippen molar-refractivity contribution in [3.05, 3.63) is 48.9 Å². The highest BCUT2D eigenvalue weighted by Gasteiger charge is 2.30. The van der Waals surface area contributed by atoms with Gasteiger partial charge in [-0.2, -0.15) is 0 Å². The molecule has 0 saturated carbocycles. The molecule has 0 bridgehead atoms. The van der Waals surface area contributed by atoms with Crippen LogP contribution in [0.2, 0.25) is 0 Å². The molecule has 2 rings (SSSR count). The van der Waals surface area contributed by atoms with E-state index in [4.69, 9.17) is 0 Å². The van der Waals surface area contributed by atoms with Crippen molar-refractivity contribution in [2.45, 2.75) is 13.0 Å². The molecule has 0 aromatic heterocycles. The molecule has 121 valence electrons. The Morgan fingerprint density at radius 1 is 1.27 bits per heavy atom. The number of nitrogens with zero attached hydrogens (tertiary/aromatic N) is 2. The number of aliphatic hydroxyl groups is 1. The third kappa shape index (κ3) is 5.01. The largest absolute Gasteiger partial charge is 1.00 e. The second-order valence-corrected chi connectivity index (χ2v) is 6.82. The molecule has 1 aromatic carbocycles. The summed E-state index contributed by atoms with van der Waals surface area (Å²) < 4.78 is 25.4. The number of anilines is 1. The van der Waals surface area contributed by atoms with Crippen LogP contribution in [0, 0.1) is 6.67 Å². The summed E-state index contributed by atoms with van der Waals surface area (Å²) in [5.74, 6) is 0.0257. The van der Waals surface area contributed by atoms with Gasteiger partial charge in [-0.3, -0.25) is 4.72 Å². The summed E-state index contributed by atoms with van der Waals surface area (Å²) >= 11 is 0. The fourth-order valence-electron chi connectivity index (χ4n) is 1.87. The lowest BCUT2D eigenvalue weighted by molar-refractivity contribution is -0.00000860. The van der Waals surface area contributed by atoms with Crippen LogP contribution in [0.5, 0.6) is 0 Å². The van der Waals surface area contributed by atoms with Gasteiger partial charge in [0.25, 0.3) is 0 Å². The average Bonchev–Trinajstić information content (AvgIpc) is 2.84. The van der Waals surface area contributed by atoms with Gasteiger partial charge >= 0.3 is 6.67 Å². The number of β-amino-alcohol motifs (C(OH)–C–C–N with tert-alkyl or cyclic N) is 1. The minimum Gasteiger partial charge on any atom is -1.00 e. The van der Waals surface area contributed by atoms with Crippen molar-refractivity contribution in [2.75, 3.05) is 24.1 Å². The van der Waals surface area contributed by atoms with Gasteiger partial charge in [0.2, 0.25) is 10.0 Å². The lowest BCUT2D eigenvalue weighted by Gasteiger charge is -2.13. The molecule has 0 amide bonds. The van der Waals surface area contributed by atoms with Crippen molar-refractivity contribution in [3.8, 4) is 0 Å². The van der Waals surface area contributed by atoms with Gasteiger partial charge < -0.3 is 17.5 Å². The zero-order valence-corrected chi connectivity index (χ0v) is 14.0. The van der Waals surface area contributed by atoms with Crippen molar-refractivity contribution in [3.63, 3.8) is 0 Å². The summed E-state index contributed by atoms with van der Waals surface area (Å²) in [5.41, 5.74) is 1.21. The average molecular weight is 345 g/mol. The van der Waals surface area contributed by atoms with Crippen LogP contribution in [-0.2, 0) is 10.0 Å². The Morgan fingerprint density at radius 2 is 1.91 bits per heavy atom. The van der Waals surface area contributed by atoms with Crippen molar-refractivity contribution in [1.82, 2.24) is 9.80 Å². The SMILES string of the molecule is CCS(=O)(=O)Nc1ccc(C(O)CN2[C+]N(C)C=C2)cc1.[Cl-]. The maximum Gasteiger partial charge on any atom is 0.564 e. The molecule has 0 saturated heterocycles. The highest BCUT2D eigenvalue weighted by molar-refractivity contribution is 7.92. The second-order valence-electron chi connectivity index (χ2n) is 4.80. The summed E-state index contributed by atoms with van der Waals surface area (Å²) in [5, 5.41) is 10.2. The van der Waals surface area contributed by atoms with Crippen LogP contribution in [0.1, 0.15) is 18.6 Å². The van der Waals surface area contributed by atoms with Gasteiger partial charge in [-0.25, -0.2) is 8.42 Å². The van der Waals surface area contributed by atoms with E-state index in [1.807, 2.05) is 19.4 Å². The van der Waals surface area contributed by atoms with E-state index in [1.165, 1.54) is 0 Å². The third-order valence-electron chi connectivity index (χ3n) is 3.07. The molecule has 1 aliphatic heterocycles. The van der Waals surface area contributed by atoms with E-state index in [1.54, 1.807) is 41.0 Å². The normalized spacial score (nSPS) is 15.2. The van der Waals surface area contributed by atoms with E-state index in [9.17, 15) is 13.5 Å². The molecular weight excluding hydrogens is 326 g/mol. The molecule has 0 spiro atoms. The fraction of sp³-hybridized carbons (Fsp3) is 0.357. The van der Waals surface area contributed by atoms with Crippen molar-refractivity contribution in [1.29, 1.82) is 0 Å². The molecule has 1 unspecified atom stereocenters. The maximum absolute atomic E-state index is 11.5. The Bertz CT molecular complexity index is 604. The molecular formula is C14H19ClN3O3S. The molecule has 0 aliphatic carbocycles. The predicted molar refractivity (Wildman–Crippen MR) is 81.3 cm³/mol. The Hall–Kier alpha value is -1.57. The molecule has 0 fully saturated rings. The van der Waals surface area contributed by atoms with Crippen LogP contribution in [-0.4, -0.2) is 42.7 Å². The second kappa shape index (κ2) is 7.62. The van der Waals surface area contributed by atoms with Crippen LogP contribution in [0.3, 0.4) is 0 Å². The van der Waals surface area contributed by atoms with Crippen LogP contribution < -0.4 is 17.1 Å². The van der Waals surface area contributed by atoms with E-state index >= 15 is 0 Å². The van der Waals surface area contributed by atoms with Gasteiger partial charge in [-0.1, -0.05) is 12.1 Å². The van der Waals surface area contributed by atoms with E-state index in [0.717, 1.165) is 5.56 Å². The van der Waals surface area contributed by atoms with Gasteiger partial charge in [-0.05, 0) is 24.6 Å². The molecule has 1 aromatic rings. The zero-order chi connectivity index (χ0) is 15.5. The molecule has 1 aliphatic rings. The Labute approximate surface area is 137 Å². The van der Waals surface area contributed by atoms with E-state index in [-0.39, 0.29) is 18.2 Å². The third-order valence-corrected chi connectivity index (χ3v) is 4.38. The smallest absolute Gasteiger partial charge is 0.564 e. The predicted octanol–water partition coefficient (Wildman–Crippen LogP) is -1.80. The van der Waals surface area contributed by atoms with Gasteiger partial charge in [0.15, 0.2) is 0 Å². The van der Waals surface area contributed by atoms with E-state index in [0.29, 0.717) is 12.2 Å². The molecule has 8 heteroatoms. The van der Waals surface area contributed by atoms with E-state index in [2.05, 4.69) is 11.4 Å². The van der Waals surface area contributed by atoms with E-state index < -0.39 is 16.1 Å². The topological polar surface area (TPSA) is 72.9 Å². The van der Waals surface area contributed by atoms with Crippen molar-refractivity contribution in [2.24, 2.45) is 0 Å². The number of hydrogen-bond donors (Lipinski definition) is 2. The number of rotatable bonds is 6. The Morgan fingerprint density at radius 3 is 2.41 bits per heavy atom. The van der Waals surface area contributed by atoms with Gasteiger partial charge in [0.1, 0.15) is 6.10 Å². The van der Waals surface area contributed by atoms with Crippen molar-refractivity contribution < 1.29 is 25.9 Å². The Balaban J connectivity index is 0.00000242. The fourth-order valence-corrected chi connectivity index (χ4v) is 2.51. The highest BCUT2D eigenvalue weighted by atomic mass is 35.5. The molecule has 22 heavy (non-hydrogen) atoms. The number of hydrogen-bond acceptors (Lipinski definition) is 5. The number of sulfonamides is 1. The minimum absolute atomic E-state index is 0. The molecule has 2 N–H and O–H groups in total. The van der Waals surface area contributed by atoms with Crippen LogP contribution in [0.4, 0.5) is 5.69 Å². The first-order chi connectivity index (χ1) is 9.89. The van der Waals surface area contributed by atoms with Crippen molar-refractivity contribution >= 4 is 15.7 Å². The quantitative estimate of drug-likeness (QED) is 0.596. The lowest BCUT2D eigenvalue weighted by Crippen LogP contribution is -3.00.